The number of carbonyl (C=O) groups is 1. The largest absolute Gasteiger partial charge is 0.435 e. The second-order valence-electron chi connectivity index (χ2n) is 8.60. The summed E-state index contributed by atoms with van der Waals surface area (Å²) in [5.74, 6) is -0.508. The second kappa shape index (κ2) is 16.2. The summed E-state index contributed by atoms with van der Waals surface area (Å²) < 4.78 is 38.9. The Hall–Kier alpha value is -1.53. The van der Waals surface area contributed by atoms with Crippen LogP contribution in [0, 0.1) is 0 Å². The molecule has 0 aliphatic rings. The lowest BCUT2D eigenvalue weighted by molar-refractivity contribution is -0.141. The van der Waals surface area contributed by atoms with Crippen LogP contribution in [0.3, 0.4) is 0 Å². The van der Waals surface area contributed by atoms with Gasteiger partial charge in [-0.1, -0.05) is 103 Å². The number of alkyl halides is 3. The van der Waals surface area contributed by atoms with Crippen molar-refractivity contribution in [2.75, 3.05) is 6.54 Å². The van der Waals surface area contributed by atoms with Crippen LogP contribution in [0.15, 0.2) is 6.07 Å². The number of nitrogens with zero attached hydrogens (tertiary/aromatic N) is 2. The van der Waals surface area contributed by atoms with Crippen molar-refractivity contribution in [2.24, 2.45) is 7.05 Å². The highest BCUT2D eigenvalue weighted by molar-refractivity contribution is 5.92. The number of aryl methyl sites for hydroxylation is 1. The maximum Gasteiger partial charge on any atom is 0.435 e. The fourth-order valence-corrected chi connectivity index (χ4v) is 3.78. The number of carbonyl (C=O) groups excluding carboxylic acids is 1. The zero-order valence-corrected chi connectivity index (χ0v) is 19.5. The summed E-state index contributed by atoms with van der Waals surface area (Å²) in [4.78, 5) is 12.0. The van der Waals surface area contributed by atoms with Crippen molar-refractivity contribution in [3.05, 3.63) is 17.5 Å². The van der Waals surface area contributed by atoms with Crippen molar-refractivity contribution in [1.29, 1.82) is 0 Å². The second-order valence-corrected chi connectivity index (χ2v) is 8.60. The third kappa shape index (κ3) is 12.8. The molecule has 0 bridgehead atoms. The number of nitrogens with one attached hydrogen (secondary N) is 1. The normalized spacial score (nSPS) is 11.8. The van der Waals surface area contributed by atoms with E-state index in [1.807, 2.05) is 0 Å². The van der Waals surface area contributed by atoms with E-state index < -0.39 is 17.8 Å². The molecule has 1 N–H and O–H groups in total. The Kier molecular flexibility index (Phi) is 14.3. The summed E-state index contributed by atoms with van der Waals surface area (Å²) in [6.07, 6.45) is 16.0. The van der Waals surface area contributed by atoms with Crippen LogP contribution < -0.4 is 5.32 Å². The molecule has 4 nitrogen and oxygen atoms in total. The smallest absolute Gasteiger partial charge is 0.351 e. The van der Waals surface area contributed by atoms with Gasteiger partial charge >= 0.3 is 6.18 Å². The molecule has 0 atom stereocenters. The van der Waals surface area contributed by atoms with E-state index in [2.05, 4.69) is 17.3 Å². The third-order valence-corrected chi connectivity index (χ3v) is 5.72. The molecule has 7 heteroatoms. The molecule has 0 saturated heterocycles. The lowest BCUT2D eigenvalue weighted by atomic mass is 10.0. The average molecular weight is 446 g/mol. The minimum absolute atomic E-state index is 0.0659. The van der Waals surface area contributed by atoms with Gasteiger partial charge in [0.2, 0.25) is 0 Å². The zero-order valence-electron chi connectivity index (χ0n) is 19.5. The van der Waals surface area contributed by atoms with Crippen LogP contribution in [0.4, 0.5) is 13.2 Å². The fraction of sp³-hybridized carbons (Fsp3) is 0.833. The monoisotopic (exact) mass is 445 g/mol. The van der Waals surface area contributed by atoms with Crippen LogP contribution in [0.5, 0.6) is 0 Å². The van der Waals surface area contributed by atoms with E-state index in [-0.39, 0.29) is 5.69 Å². The molecule has 0 radical (unpaired) electrons. The van der Waals surface area contributed by atoms with Crippen LogP contribution in [0.25, 0.3) is 0 Å². The Morgan fingerprint density at radius 2 is 1.26 bits per heavy atom. The Balaban J connectivity index is 1.92. The molecule has 0 aliphatic carbocycles. The molecule has 0 saturated carbocycles. The van der Waals surface area contributed by atoms with Crippen LogP contribution in [-0.2, 0) is 13.2 Å². The van der Waals surface area contributed by atoms with Crippen LogP contribution in [0.1, 0.15) is 126 Å². The first-order chi connectivity index (χ1) is 14.9. The van der Waals surface area contributed by atoms with Crippen LogP contribution >= 0.6 is 0 Å². The van der Waals surface area contributed by atoms with E-state index in [0.29, 0.717) is 6.54 Å². The summed E-state index contributed by atoms with van der Waals surface area (Å²) in [5.41, 5.74) is -1.11. The first-order valence-electron chi connectivity index (χ1n) is 12.3. The minimum atomic E-state index is -4.54. The molecule has 31 heavy (non-hydrogen) atoms. The predicted octanol–water partition coefficient (Wildman–Crippen LogP) is 7.43. The van der Waals surface area contributed by atoms with Crippen molar-refractivity contribution in [1.82, 2.24) is 15.1 Å². The van der Waals surface area contributed by atoms with Gasteiger partial charge in [-0.2, -0.15) is 18.3 Å². The summed E-state index contributed by atoms with van der Waals surface area (Å²) >= 11 is 0. The minimum Gasteiger partial charge on any atom is -0.351 e. The van der Waals surface area contributed by atoms with Gasteiger partial charge < -0.3 is 5.32 Å². The maximum absolute atomic E-state index is 12.7. The standard InChI is InChI=1S/C24H42F3N3O/c1-3-4-5-6-7-8-9-10-11-12-13-14-15-16-17-18-19-28-23(31)21-20-22(24(25,26)27)29-30(21)2/h20H,3-19H2,1-2H3,(H,28,31). The molecular formula is C24H42F3N3O. The maximum atomic E-state index is 12.7. The number of unbranched alkanes of at least 4 members (excludes halogenated alkanes) is 15. The van der Waals surface area contributed by atoms with Crippen LogP contribution in [0.2, 0.25) is 0 Å². The summed E-state index contributed by atoms with van der Waals surface area (Å²) in [5, 5.41) is 6.05. The molecule has 180 valence electrons. The van der Waals surface area contributed by atoms with E-state index >= 15 is 0 Å². The Bertz CT molecular complexity index is 599. The van der Waals surface area contributed by atoms with Gasteiger partial charge in [-0.15, -0.1) is 0 Å². The average Bonchev–Trinajstić information content (AvgIpc) is 3.12. The molecule has 1 aromatic heterocycles. The third-order valence-electron chi connectivity index (χ3n) is 5.72. The number of rotatable bonds is 18. The van der Waals surface area contributed by atoms with Crippen molar-refractivity contribution in [3.8, 4) is 0 Å². The summed E-state index contributed by atoms with van der Waals surface area (Å²) in [6.45, 7) is 2.73. The van der Waals surface area contributed by atoms with Crippen molar-refractivity contribution in [2.45, 2.75) is 116 Å². The van der Waals surface area contributed by atoms with Gasteiger partial charge in [-0.3, -0.25) is 9.48 Å². The van der Waals surface area contributed by atoms with E-state index in [1.165, 1.54) is 90.5 Å². The molecule has 1 amide bonds. The van der Waals surface area contributed by atoms with E-state index in [4.69, 9.17) is 0 Å². The van der Waals surface area contributed by atoms with E-state index in [1.54, 1.807) is 0 Å². The molecule has 0 aromatic carbocycles. The molecule has 0 spiro atoms. The van der Waals surface area contributed by atoms with E-state index in [0.717, 1.165) is 30.0 Å². The SMILES string of the molecule is CCCCCCCCCCCCCCCCCCNC(=O)c1cc(C(F)(F)F)nn1C. The molecule has 0 unspecified atom stereocenters. The molecule has 1 aromatic rings. The quantitative estimate of drug-likeness (QED) is 0.239. The lowest BCUT2D eigenvalue weighted by Gasteiger charge is -2.06. The highest BCUT2D eigenvalue weighted by Crippen LogP contribution is 2.28. The van der Waals surface area contributed by atoms with Crippen molar-refractivity contribution in [3.63, 3.8) is 0 Å². The number of halogens is 3. The number of hydrogen-bond acceptors (Lipinski definition) is 2. The molecule has 0 fully saturated rings. The summed E-state index contributed by atoms with van der Waals surface area (Å²) in [6, 6.07) is 0.795. The topological polar surface area (TPSA) is 46.9 Å². The Labute approximate surface area is 186 Å². The van der Waals surface area contributed by atoms with Crippen molar-refractivity contribution < 1.29 is 18.0 Å². The predicted molar refractivity (Wildman–Crippen MR) is 120 cm³/mol. The van der Waals surface area contributed by atoms with Gasteiger partial charge in [0.05, 0.1) is 0 Å². The van der Waals surface area contributed by atoms with Gasteiger partial charge in [-0.25, -0.2) is 0 Å². The Morgan fingerprint density at radius 3 is 1.65 bits per heavy atom. The summed E-state index contributed by atoms with van der Waals surface area (Å²) in [7, 11) is 1.35. The van der Waals surface area contributed by atoms with Crippen LogP contribution in [-0.4, -0.2) is 22.2 Å². The lowest BCUT2D eigenvalue weighted by Crippen LogP contribution is -2.26. The van der Waals surface area contributed by atoms with Gasteiger partial charge in [0.25, 0.3) is 5.91 Å². The number of aromatic nitrogens is 2. The van der Waals surface area contributed by atoms with Gasteiger partial charge in [0.1, 0.15) is 5.69 Å². The first-order valence-corrected chi connectivity index (χ1v) is 12.3. The van der Waals surface area contributed by atoms with Gasteiger partial charge in [0, 0.05) is 19.7 Å². The highest BCUT2D eigenvalue weighted by atomic mass is 19.4. The molecule has 1 heterocycles. The van der Waals surface area contributed by atoms with Crippen molar-refractivity contribution >= 4 is 5.91 Å². The van der Waals surface area contributed by atoms with Gasteiger partial charge in [-0.05, 0) is 6.42 Å². The molecule has 1 rings (SSSR count). The molecule has 0 aliphatic heterocycles. The zero-order chi connectivity index (χ0) is 23.0. The molecular weight excluding hydrogens is 403 g/mol. The first kappa shape index (κ1) is 27.5. The number of amides is 1. The highest BCUT2D eigenvalue weighted by Gasteiger charge is 2.35. The fourth-order valence-electron chi connectivity index (χ4n) is 3.78. The Morgan fingerprint density at radius 1 is 0.839 bits per heavy atom. The van der Waals surface area contributed by atoms with Gasteiger partial charge in [0.15, 0.2) is 5.69 Å². The number of hydrogen-bond donors (Lipinski definition) is 1. The van der Waals surface area contributed by atoms with E-state index in [9.17, 15) is 18.0 Å².